The van der Waals surface area contributed by atoms with E-state index in [0.717, 1.165) is 0 Å². The minimum absolute atomic E-state index is 0.0346. The van der Waals surface area contributed by atoms with Crippen molar-refractivity contribution in [1.29, 1.82) is 0 Å². The summed E-state index contributed by atoms with van der Waals surface area (Å²) in [7, 11) is 0. The molecule has 13 heavy (non-hydrogen) atoms. The van der Waals surface area contributed by atoms with Crippen molar-refractivity contribution in [2.75, 3.05) is 26.4 Å². The van der Waals surface area contributed by atoms with E-state index in [9.17, 15) is 0 Å². The third-order valence-corrected chi connectivity index (χ3v) is 1.75. The number of aliphatic hydroxyl groups excluding tert-OH is 2. The van der Waals surface area contributed by atoms with Crippen LogP contribution in [0.4, 0.5) is 0 Å². The standard InChI is InChI=1S/C9H20O4/c1-3-12-9(13-4-2)5-8(6-10)7-11/h8-11H,3-7H2,1-2H3. The number of rotatable bonds is 8. The van der Waals surface area contributed by atoms with Crippen molar-refractivity contribution in [2.24, 2.45) is 5.92 Å². The second-order valence-electron chi connectivity index (χ2n) is 2.81. The third-order valence-electron chi connectivity index (χ3n) is 1.75. The summed E-state index contributed by atoms with van der Waals surface area (Å²) in [5.74, 6) is -0.150. The van der Waals surface area contributed by atoms with Crippen LogP contribution in [0.1, 0.15) is 20.3 Å². The molecular weight excluding hydrogens is 172 g/mol. The molecule has 0 aromatic rings. The van der Waals surface area contributed by atoms with Crippen molar-refractivity contribution < 1.29 is 19.7 Å². The Morgan fingerprint density at radius 3 is 1.77 bits per heavy atom. The molecule has 0 spiro atoms. The van der Waals surface area contributed by atoms with Gasteiger partial charge >= 0.3 is 0 Å². The predicted molar refractivity (Wildman–Crippen MR) is 49.3 cm³/mol. The van der Waals surface area contributed by atoms with Gasteiger partial charge in [0.15, 0.2) is 6.29 Å². The molecule has 0 aliphatic rings. The van der Waals surface area contributed by atoms with Crippen molar-refractivity contribution in [3.63, 3.8) is 0 Å². The van der Waals surface area contributed by atoms with Crippen LogP contribution in [-0.4, -0.2) is 42.9 Å². The molecule has 2 N–H and O–H groups in total. The maximum absolute atomic E-state index is 8.84. The number of aliphatic hydroxyl groups is 2. The first-order valence-corrected chi connectivity index (χ1v) is 4.73. The van der Waals surface area contributed by atoms with E-state index >= 15 is 0 Å². The highest BCUT2D eigenvalue weighted by Gasteiger charge is 2.15. The van der Waals surface area contributed by atoms with Gasteiger partial charge in [-0.3, -0.25) is 0 Å². The summed E-state index contributed by atoms with van der Waals surface area (Å²) in [6.07, 6.45) is 0.230. The third kappa shape index (κ3) is 5.99. The lowest BCUT2D eigenvalue weighted by Crippen LogP contribution is -2.24. The minimum atomic E-state index is -0.306. The van der Waals surface area contributed by atoms with E-state index in [1.54, 1.807) is 0 Å². The highest BCUT2D eigenvalue weighted by Crippen LogP contribution is 2.09. The van der Waals surface area contributed by atoms with Crippen LogP contribution in [0.5, 0.6) is 0 Å². The summed E-state index contributed by atoms with van der Waals surface area (Å²) in [5, 5.41) is 17.7. The summed E-state index contributed by atoms with van der Waals surface area (Å²) < 4.78 is 10.5. The Hall–Kier alpha value is -0.160. The zero-order valence-corrected chi connectivity index (χ0v) is 8.40. The second kappa shape index (κ2) is 8.44. The molecule has 0 fully saturated rings. The highest BCUT2D eigenvalue weighted by atomic mass is 16.7. The molecule has 0 aliphatic carbocycles. The van der Waals surface area contributed by atoms with Gasteiger partial charge in [-0.1, -0.05) is 0 Å². The number of hydrogen-bond acceptors (Lipinski definition) is 4. The SMILES string of the molecule is CCOC(CC(CO)CO)OCC. The fourth-order valence-corrected chi connectivity index (χ4v) is 1.03. The predicted octanol–water partition coefficient (Wildman–Crippen LogP) is 0.376. The quantitative estimate of drug-likeness (QED) is 0.546. The van der Waals surface area contributed by atoms with Crippen molar-refractivity contribution in [1.82, 2.24) is 0 Å². The van der Waals surface area contributed by atoms with Crippen LogP contribution in [0.2, 0.25) is 0 Å². The largest absolute Gasteiger partial charge is 0.396 e. The highest BCUT2D eigenvalue weighted by molar-refractivity contribution is 4.58. The maximum atomic E-state index is 8.84. The Morgan fingerprint density at radius 1 is 1.00 bits per heavy atom. The normalized spacial score (nSPS) is 11.5. The van der Waals surface area contributed by atoms with Crippen LogP contribution in [-0.2, 0) is 9.47 Å². The Labute approximate surface area is 79.5 Å². The topological polar surface area (TPSA) is 58.9 Å². The Balaban J connectivity index is 3.76. The van der Waals surface area contributed by atoms with Gasteiger partial charge in [-0.25, -0.2) is 0 Å². The maximum Gasteiger partial charge on any atom is 0.157 e. The summed E-state index contributed by atoms with van der Waals surface area (Å²) in [4.78, 5) is 0. The summed E-state index contributed by atoms with van der Waals surface area (Å²) in [6, 6.07) is 0. The van der Waals surface area contributed by atoms with Gasteiger partial charge in [-0.15, -0.1) is 0 Å². The Bertz CT molecular complexity index is 97.8. The first-order chi connectivity index (χ1) is 6.28. The summed E-state index contributed by atoms with van der Waals surface area (Å²) in [6.45, 7) is 4.86. The van der Waals surface area contributed by atoms with Crippen LogP contribution in [0, 0.1) is 5.92 Å². The average molecular weight is 192 g/mol. The first-order valence-electron chi connectivity index (χ1n) is 4.73. The lowest BCUT2D eigenvalue weighted by molar-refractivity contribution is -0.150. The van der Waals surface area contributed by atoms with Gasteiger partial charge in [0.05, 0.1) is 0 Å². The molecule has 4 nitrogen and oxygen atoms in total. The molecule has 0 radical (unpaired) electrons. The summed E-state index contributed by atoms with van der Waals surface area (Å²) >= 11 is 0. The zero-order chi connectivity index (χ0) is 10.1. The molecule has 0 atom stereocenters. The van der Waals surface area contributed by atoms with Gasteiger partial charge in [0, 0.05) is 38.8 Å². The molecule has 0 saturated heterocycles. The molecule has 0 heterocycles. The van der Waals surface area contributed by atoms with Gasteiger partial charge in [0.2, 0.25) is 0 Å². The van der Waals surface area contributed by atoms with E-state index < -0.39 is 0 Å². The van der Waals surface area contributed by atoms with Crippen molar-refractivity contribution >= 4 is 0 Å². The van der Waals surface area contributed by atoms with Crippen LogP contribution >= 0.6 is 0 Å². The first kappa shape index (κ1) is 12.8. The van der Waals surface area contributed by atoms with Crippen LogP contribution in [0.3, 0.4) is 0 Å². The number of hydrogen-bond donors (Lipinski definition) is 2. The summed E-state index contributed by atoms with van der Waals surface area (Å²) in [5.41, 5.74) is 0. The van der Waals surface area contributed by atoms with E-state index in [-0.39, 0.29) is 25.4 Å². The van der Waals surface area contributed by atoms with Crippen LogP contribution in [0.15, 0.2) is 0 Å². The fourth-order valence-electron chi connectivity index (χ4n) is 1.03. The minimum Gasteiger partial charge on any atom is -0.396 e. The van der Waals surface area contributed by atoms with E-state index in [0.29, 0.717) is 19.6 Å². The molecule has 80 valence electrons. The molecule has 0 amide bonds. The van der Waals surface area contributed by atoms with E-state index in [1.165, 1.54) is 0 Å². The van der Waals surface area contributed by atoms with Crippen LogP contribution in [0.25, 0.3) is 0 Å². The van der Waals surface area contributed by atoms with E-state index in [1.807, 2.05) is 13.8 Å². The molecule has 0 rings (SSSR count). The van der Waals surface area contributed by atoms with Crippen molar-refractivity contribution in [2.45, 2.75) is 26.6 Å². The molecule has 0 aromatic carbocycles. The second-order valence-corrected chi connectivity index (χ2v) is 2.81. The Morgan fingerprint density at radius 2 is 1.46 bits per heavy atom. The fraction of sp³-hybridized carbons (Fsp3) is 1.00. The van der Waals surface area contributed by atoms with Crippen LogP contribution < -0.4 is 0 Å². The molecule has 4 heteroatoms. The van der Waals surface area contributed by atoms with Gasteiger partial charge in [0.25, 0.3) is 0 Å². The van der Waals surface area contributed by atoms with Gasteiger partial charge < -0.3 is 19.7 Å². The van der Waals surface area contributed by atoms with Gasteiger partial charge in [-0.05, 0) is 13.8 Å². The van der Waals surface area contributed by atoms with E-state index in [4.69, 9.17) is 19.7 Å². The monoisotopic (exact) mass is 192 g/mol. The number of ether oxygens (including phenoxy) is 2. The molecule has 0 aliphatic heterocycles. The van der Waals surface area contributed by atoms with Crippen molar-refractivity contribution in [3.05, 3.63) is 0 Å². The zero-order valence-electron chi connectivity index (χ0n) is 8.40. The lowest BCUT2D eigenvalue weighted by atomic mass is 10.1. The molecule has 0 bridgehead atoms. The average Bonchev–Trinajstić information content (AvgIpc) is 2.14. The molecule has 0 aromatic heterocycles. The molecule has 0 saturated carbocycles. The van der Waals surface area contributed by atoms with Gasteiger partial charge in [0.1, 0.15) is 0 Å². The molecular formula is C9H20O4. The van der Waals surface area contributed by atoms with E-state index in [2.05, 4.69) is 0 Å². The van der Waals surface area contributed by atoms with Gasteiger partial charge in [-0.2, -0.15) is 0 Å². The lowest BCUT2D eigenvalue weighted by Gasteiger charge is -2.20. The van der Waals surface area contributed by atoms with Crippen molar-refractivity contribution in [3.8, 4) is 0 Å². The Kier molecular flexibility index (Phi) is 8.33. The molecule has 0 unspecified atom stereocenters. The smallest absolute Gasteiger partial charge is 0.157 e.